The van der Waals surface area contributed by atoms with E-state index in [4.69, 9.17) is 0 Å². The van der Waals surface area contributed by atoms with E-state index in [9.17, 15) is 4.79 Å². The second-order valence-electron chi connectivity index (χ2n) is 7.47. The molecule has 0 saturated heterocycles. The smallest absolute Gasteiger partial charge is 0.224 e. The van der Waals surface area contributed by atoms with E-state index in [-0.39, 0.29) is 5.91 Å². The molecule has 2 heterocycles. The van der Waals surface area contributed by atoms with Gasteiger partial charge in [-0.05, 0) is 67.1 Å². The number of carbonyl (C=O) groups excluding carboxylic acids is 1. The summed E-state index contributed by atoms with van der Waals surface area (Å²) < 4.78 is 0. The highest BCUT2D eigenvalue weighted by Crippen LogP contribution is 2.25. The van der Waals surface area contributed by atoms with Crippen LogP contribution in [-0.4, -0.2) is 18.5 Å². The molecule has 1 unspecified atom stereocenters. The van der Waals surface area contributed by atoms with Crippen molar-refractivity contribution in [2.75, 3.05) is 11.9 Å². The van der Waals surface area contributed by atoms with Crippen LogP contribution >= 0.6 is 0 Å². The van der Waals surface area contributed by atoms with Crippen molar-refractivity contribution in [2.45, 2.75) is 38.6 Å². The largest absolute Gasteiger partial charge is 0.326 e. The molecular weight excluding hydrogens is 332 g/mol. The van der Waals surface area contributed by atoms with Gasteiger partial charge in [-0.15, -0.1) is 0 Å². The molecule has 0 fully saturated rings. The fraction of sp³-hybridized carbons (Fsp3) is 0.292. The van der Waals surface area contributed by atoms with Crippen molar-refractivity contribution in [2.24, 2.45) is 0 Å². The summed E-state index contributed by atoms with van der Waals surface area (Å²) in [5, 5.41) is 6.53. The molecule has 0 aromatic heterocycles. The van der Waals surface area contributed by atoms with Crippen LogP contribution in [0.25, 0.3) is 11.6 Å². The fourth-order valence-corrected chi connectivity index (χ4v) is 3.79. The summed E-state index contributed by atoms with van der Waals surface area (Å²) >= 11 is 0. The molecule has 0 spiro atoms. The molecule has 1 amide bonds. The maximum absolute atomic E-state index is 11.5. The first-order chi connectivity index (χ1) is 13.2. The van der Waals surface area contributed by atoms with E-state index >= 15 is 0 Å². The van der Waals surface area contributed by atoms with Crippen LogP contribution in [0.3, 0.4) is 0 Å². The Hall–Kier alpha value is -2.65. The highest BCUT2D eigenvalue weighted by Gasteiger charge is 2.15. The van der Waals surface area contributed by atoms with Gasteiger partial charge in [0.25, 0.3) is 0 Å². The monoisotopic (exact) mass is 358 g/mol. The Morgan fingerprint density at radius 2 is 1.93 bits per heavy atom. The number of fused-ring (bicyclic) bond motifs is 1. The van der Waals surface area contributed by atoms with Crippen LogP contribution < -0.4 is 10.6 Å². The van der Waals surface area contributed by atoms with Crippen molar-refractivity contribution in [3.05, 3.63) is 76.9 Å². The van der Waals surface area contributed by atoms with E-state index in [2.05, 4.69) is 72.2 Å². The lowest BCUT2D eigenvalue weighted by atomic mass is 9.95. The maximum atomic E-state index is 11.5. The number of anilines is 1. The predicted octanol–water partition coefficient (Wildman–Crippen LogP) is 4.73. The number of nitrogens with one attached hydrogen (secondary N) is 2. The van der Waals surface area contributed by atoms with Crippen molar-refractivity contribution in [1.29, 1.82) is 0 Å². The van der Waals surface area contributed by atoms with E-state index in [1.807, 2.05) is 6.07 Å². The van der Waals surface area contributed by atoms with Gasteiger partial charge in [-0.2, -0.15) is 0 Å². The molecule has 0 bridgehead atoms. The van der Waals surface area contributed by atoms with E-state index in [1.165, 1.54) is 27.8 Å². The molecule has 2 aliphatic rings. The summed E-state index contributed by atoms with van der Waals surface area (Å²) in [5.41, 5.74) is 7.47. The Morgan fingerprint density at radius 3 is 2.78 bits per heavy atom. The number of amides is 1. The number of benzene rings is 2. The van der Waals surface area contributed by atoms with Crippen molar-refractivity contribution < 1.29 is 4.79 Å². The van der Waals surface area contributed by atoms with Gasteiger partial charge in [0.2, 0.25) is 5.91 Å². The molecule has 27 heavy (non-hydrogen) atoms. The molecule has 2 N–H and O–H groups in total. The minimum atomic E-state index is 0.116. The molecule has 4 rings (SSSR count). The van der Waals surface area contributed by atoms with E-state index < -0.39 is 0 Å². The highest BCUT2D eigenvalue weighted by atomic mass is 16.1. The van der Waals surface area contributed by atoms with Gasteiger partial charge in [0, 0.05) is 18.2 Å². The van der Waals surface area contributed by atoms with Crippen LogP contribution in [0.5, 0.6) is 0 Å². The van der Waals surface area contributed by atoms with Crippen LogP contribution in [0.4, 0.5) is 5.69 Å². The van der Waals surface area contributed by atoms with E-state index in [0.717, 1.165) is 31.5 Å². The number of rotatable bonds is 4. The first-order valence-electron chi connectivity index (χ1n) is 9.78. The molecule has 0 radical (unpaired) electrons. The standard InChI is InChI=1S/C24H26N2O/c1-17-5-8-19(9-6-17)20-13-14-25-22(16-20)4-2-3-18-7-11-23-21(15-18)10-12-24(27)26-23/h2-3,5-9,11,15-16,22,25H,4,10,12-14H2,1H3,(H,26,27)/b3-2+. The Balaban J connectivity index is 1.41. The van der Waals surface area contributed by atoms with Gasteiger partial charge in [-0.1, -0.05) is 54.1 Å². The van der Waals surface area contributed by atoms with Gasteiger partial charge in [-0.25, -0.2) is 0 Å². The lowest BCUT2D eigenvalue weighted by Crippen LogP contribution is -2.31. The van der Waals surface area contributed by atoms with Gasteiger partial charge < -0.3 is 10.6 Å². The second kappa shape index (κ2) is 7.93. The quantitative estimate of drug-likeness (QED) is 0.830. The summed E-state index contributed by atoms with van der Waals surface area (Å²) in [6, 6.07) is 15.5. The van der Waals surface area contributed by atoms with Crippen LogP contribution in [0.1, 0.15) is 41.5 Å². The van der Waals surface area contributed by atoms with Gasteiger partial charge in [0.05, 0.1) is 0 Å². The van der Waals surface area contributed by atoms with Gasteiger partial charge in [0.15, 0.2) is 0 Å². The lowest BCUT2D eigenvalue weighted by Gasteiger charge is -2.22. The molecule has 0 saturated carbocycles. The predicted molar refractivity (Wildman–Crippen MR) is 113 cm³/mol. The maximum Gasteiger partial charge on any atom is 0.224 e. The summed E-state index contributed by atoms with van der Waals surface area (Å²) in [5.74, 6) is 0.116. The normalized spacial score (nSPS) is 19.5. The van der Waals surface area contributed by atoms with Crippen LogP contribution in [0.2, 0.25) is 0 Å². The fourth-order valence-electron chi connectivity index (χ4n) is 3.79. The number of hydrogen-bond acceptors (Lipinski definition) is 2. The Kier molecular flexibility index (Phi) is 5.21. The van der Waals surface area contributed by atoms with E-state index in [0.29, 0.717) is 12.5 Å². The Bertz CT molecular complexity index is 893. The third-order valence-corrected chi connectivity index (χ3v) is 5.35. The zero-order chi connectivity index (χ0) is 18.6. The summed E-state index contributed by atoms with van der Waals surface area (Å²) in [4.78, 5) is 11.5. The topological polar surface area (TPSA) is 41.1 Å². The first kappa shape index (κ1) is 17.7. The molecule has 3 heteroatoms. The molecule has 2 aromatic carbocycles. The highest BCUT2D eigenvalue weighted by molar-refractivity contribution is 5.94. The number of carbonyl (C=O) groups is 1. The Morgan fingerprint density at radius 1 is 1.07 bits per heavy atom. The molecule has 2 aliphatic heterocycles. The van der Waals surface area contributed by atoms with Crippen LogP contribution in [0.15, 0.2) is 54.6 Å². The summed E-state index contributed by atoms with van der Waals surface area (Å²) in [6.45, 7) is 3.15. The third kappa shape index (κ3) is 4.37. The third-order valence-electron chi connectivity index (χ3n) is 5.35. The molecular formula is C24H26N2O. The SMILES string of the molecule is Cc1ccc(C2=CC(C/C=C/c3ccc4c(c3)CCC(=O)N4)NCC2)cc1. The molecule has 138 valence electrons. The van der Waals surface area contributed by atoms with Crippen molar-refractivity contribution in [3.63, 3.8) is 0 Å². The van der Waals surface area contributed by atoms with Crippen LogP contribution in [0, 0.1) is 6.92 Å². The summed E-state index contributed by atoms with van der Waals surface area (Å²) in [7, 11) is 0. The minimum absolute atomic E-state index is 0.116. The second-order valence-corrected chi connectivity index (χ2v) is 7.47. The van der Waals surface area contributed by atoms with E-state index in [1.54, 1.807) is 0 Å². The van der Waals surface area contributed by atoms with Gasteiger partial charge in [0.1, 0.15) is 0 Å². The van der Waals surface area contributed by atoms with Crippen molar-refractivity contribution >= 4 is 23.2 Å². The molecule has 2 aromatic rings. The van der Waals surface area contributed by atoms with Crippen molar-refractivity contribution in [1.82, 2.24) is 5.32 Å². The molecule has 0 aliphatic carbocycles. The molecule has 1 atom stereocenters. The first-order valence-corrected chi connectivity index (χ1v) is 9.78. The van der Waals surface area contributed by atoms with Crippen LogP contribution in [-0.2, 0) is 11.2 Å². The minimum Gasteiger partial charge on any atom is -0.326 e. The number of aryl methyl sites for hydroxylation is 2. The summed E-state index contributed by atoms with van der Waals surface area (Å²) in [6.07, 6.45) is 10.3. The Labute approximate surface area is 161 Å². The molecule has 3 nitrogen and oxygen atoms in total. The van der Waals surface area contributed by atoms with Crippen molar-refractivity contribution in [3.8, 4) is 0 Å². The van der Waals surface area contributed by atoms with Gasteiger partial charge in [-0.3, -0.25) is 4.79 Å². The average Bonchev–Trinajstić information content (AvgIpc) is 2.69. The lowest BCUT2D eigenvalue weighted by molar-refractivity contribution is -0.116. The average molecular weight is 358 g/mol. The van der Waals surface area contributed by atoms with Gasteiger partial charge >= 0.3 is 0 Å². The zero-order valence-electron chi connectivity index (χ0n) is 15.8. The zero-order valence-corrected chi connectivity index (χ0v) is 15.8. The number of hydrogen-bond donors (Lipinski definition) is 2.